The van der Waals surface area contributed by atoms with Crippen LogP contribution in [-0.2, 0) is 5.60 Å². The average Bonchev–Trinajstić information content (AvgIpc) is 2.47. The first-order valence-corrected chi connectivity index (χ1v) is 6.50. The highest BCUT2D eigenvalue weighted by Crippen LogP contribution is 2.34. The van der Waals surface area contributed by atoms with Crippen LogP contribution < -0.4 is 9.47 Å². The van der Waals surface area contributed by atoms with E-state index < -0.39 is 5.60 Å². The molecule has 0 amide bonds. The van der Waals surface area contributed by atoms with Gasteiger partial charge in [-0.15, -0.1) is 0 Å². The fraction of sp³-hybridized carbons (Fsp3) is 0.294. The third kappa shape index (κ3) is 2.78. The van der Waals surface area contributed by atoms with Crippen molar-refractivity contribution in [1.82, 2.24) is 0 Å². The molecule has 0 aliphatic rings. The minimum atomic E-state index is -1.10. The fourth-order valence-corrected chi connectivity index (χ4v) is 2.13. The summed E-state index contributed by atoms with van der Waals surface area (Å²) in [7, 11) is 3.19. The third-order valence-corrected chi connectivity index (χ3v) is 3.53. The lowest BCUT2D eigenvalue weighted by atomic mass is 9.87. The quantitative estimate of drug-likeness (QED) is 0.928. The first kappa shape index (κ1) is 14.4. The van der Waals surface area contributed by atoms with Crippen LogP contribution in [-0.4, -0.2) is 19.3 Å². The summed E-state index contributed by atoms with van der Waals surface area (Å²) in [4.78, 5) is 0. The van der Waals surface area contributed by atoms with Gasteiger partial charge < -0.3 is 14.6 Å². The maximum Gasteiger partial charge on any atom is 0.122 e. The second-order valence-electron chi connectivity index (χ2n) is 5.04. The highest BCUT2D eigenvalue weighted by atomic mass is 16.5. The summed E-state index contributed by atoms with van der Waals surface area (Å²) in [5.41, 5.74) is 1.62. The van der Waals surface area contributed by atoms with Gasteiger partial charge in [0, 0.05) is 6.07 Å². The molecule has 1 unspecified atom stereocenters. The van der Waals surface area contributed by atoms with Gasteiger partial charge in [-0.2, -0.15) is 0 Å². The van der Waals surface area contributed by atoms with E-state index in [4.69, 9.17) is 9.47 Å². The molecule has 0 radical (unpaired) electrons. The molecule has 0 spiro atoms. The molecule has 0 heterocycles. The Labute approximate surface area is 119 Å². The molecular weight excluding hydrogens is 252 g/mol. The van der Waals surface area contributed by atoms with E-state index in [1.807, 2.05) is 43.3 Å². The van der Waals surface area contributed by atoms with Gasteiger partial charge in [0.1, 0.15) is 17.1 Å². The van der Waals surface area contributed by atoms with Crippen LogP contribution >= 0.6 is 0 Å². The predicted octanol–water partition coefficient (Wildman–Crippen LogP) is 3.27. The summed E-state index contributed by atoms with van der Waals surface area (Å²) >= 11 is 0. The lowest BCUT2D eigenvalue weighted by molar-refractivity contribution is 0.102. The SMILES string of the molecule is COc1cc(OC)cc(C(C)(O)c2ccc(C)cc2)c1. The molecule has 0 aliphatic heterocycles. The average molecular weight is 272 g/mol. The van der Waals surface area contributed by atoms with Gasteiger partial charge in [0.15, 0.2) is 0 Å². The van der Waals surface area contributed by atoms with E-state index in [0.29, 0.717) is 11.5 Å². The monoisotopic (exact) mass is 272 g/mol. The molecule has 3 nitrogen and oxygen atoms in total. The van der Waals surface area contributed by atoms with Gasteiger partial charge in [0.05, 0.1) is 14.2 Å². The summed E-state index contributed by atoms with van der Waals surface area (Å²) in [5, 5.41) is 10.9. The van der Waals surface area contributed by atoms with Crippen LogP contribution in [0.1, 0.15) is 23.6 Å². The Morgan fingerprint density at radius 1 is 0.850 bits per heavy atom. The zero-order valence-electron chi connectivity index (χ0n) is 12.3. The number of aryl methyl sites for hydroxylation is 1. The maximum absolute atomic E-state index is 10.9. The van der Waals surface area contributed by atoms with E-state index in [1.54, 1.807) is 27.2 Å². The van der Waals surface area contributed by atoms with Crippen molar-refractivity contribution < 1.29 is 14.6 Å². The zero-order valence-corrected chi connectivity index (χ0v) is 12.3. The minimum absolute atomic E-state index is 0.659. The van der Waals surface area contributed by atoms with Gasteiger partial charge >= 0.3 is 0 Å². The lowest BCUT2D eigenvalue weighted by Gasteiger charge is -2.25. The number of rotatable bonds is 4. The molecule has 0 saturated carbocycles. The second-order valence-corrected chi connectivity index (χ2v) is 5.04. The molecule has 1 atom stereocenters. The summed E-state index contributed by atoms with van der Waals surface area (Å²) in [6.45, 7) is 3.79. The van der Waals surface area contributed by atoms with Gasteiger partial charge in [0.25, 0.3) is 0 Å². The summed E-state index contributed by atoms with van der Waals surface area (Å²) < 4.78 is 10.5. The van der Waals surface area contributed by atoms with E-state index in [1.165, 1.54) is 0 Å². The summed E-state index contributed by atoms with van der Waals surface area (Å²) in [5.74, 6) is 1.32. The minimum Gasteiger partial charge on any atom is -0.497 e. The number of hydrogen-bond acceptors (Lipinski definition) is 3. The molecule has 2 aromatic carbocycles. The number of methoxy groups -OCH3 is 2. The van der Waals surface area contributed by atoms with E-state index in [0.717, 1.165) is 16.7 Å². The van der Waals surface area contributed by atoms with Crippen molar-refractivity contribution in [1.29, 1.82) is 0 Å². The second kappa shape index (κ2) is 5.55. The normalized spacial score (nSPS) is 13.7. The molecule has 1 N–H and O–H groups in total. The van der Waals surface area contributed by atoms with E-state index in [9.17, 15) is 5.11 Å². The van der Waals surface area contributed by atoms with Crippen LogP contribution in [0.3, 0.4) is 0 Å². The molecule has 0 bridgehead atoms. The number of benzene rings is 2. The first-order valence-electron chi connectivity index (χ1n) is 6.50. The molecule has 106 valence electrons. The van der Waals surface area contributed by atoms with E-state index in [2.05, 4.69) is 0 Å². The van der Waals surface area contributed by atoms with Gasteiger partial charge in [-0.25, -0.2) is 0 Å². The largest absolute Gasteiger partial charge is 0.497 e. The Bertz CT molecular complexity index is 563. The Hall–Kier alpha value is -2.00. The van der Waals surface area contributed by atoms with E-state index in [-0.39, 0.29) is 0 Å². The van der Waals surface area contributed by atoms with E-state index >= 15 is 0 Å². The van der Waals surface area contributed by atoms with Crippen molar-refractivity contribution in [3.63, 3.8) is 0 Å². The van der Waals surface area contributed by atoms with Crippen LogP contribution in [0.4, 0.5) is 0 Å². The first-order chi connectivity index (χ1) is 9.47. The third-order valence-electron chi connectivity index (χ3n) is 3.53. The zero-order chi connectivity index (χ0) is 14.8. The lowest BCUT2D eigenvalue weighted by Crippen LogP contribution is -2.22. The fourth-order valence-electron chi connectivity index (χ4n) is 2.13. The molecule has 0 saturated heterocycles. The Balaban J connectivity index is 2.49. The van der Waals surface area contributed by atoms with Gasteiger partial charge in [-0.3, -0.25) is 0 Å². The van der Waals surface area contributed by atoms with Crippen molar-refractivity contribution in [3.8, 4) is 11.5 Å². The Kier molecular flexibility index (Phi) is 4.00. The highest BCUT2D eigenvalue weighted by Gasteiger charge is 2.26. The molecule has 0 aromatic heterocycles. The van der Waals surface area contributed by atoms with Crippen LogP contribution in [0, 0.1) is 6.92 Å². The summed E-state index contributed by atoms with van der Waals surface area (Å²) in [6.07, 6.45) is 0. The van der Waals surface area contributed by atoms with Crippen molar-refractivity contribution in [2.24, 2.45) is 0 Å². The molecule has 3 heteroatoms. The van der Waals surface area contributed by atoms with Gasteiger partial charge in [0.2, 0.25) is 0 Å². The summed E-state index contributed by atoms with van der Waals surface area (Å²) in [6, 6.07) is 13.3. The predicted molar refractivity (Wildman–Crippen MR) is 79.4 cm³/mol. The Morgan fingerprint density at radius 3 is 1.80 bits per heavy atom. The van der Waals surface area contributed by atoms with Gasteiger partial charge in [-0.1, -0.05) is 29.8 Å². The standard InChI is InChI=1S/C17H20O3/c1-12-5-7-13(8-6-12)17(2,18)14-9-15(19-3)11-16(10-14)20-4/h5-11,18H,1-4H3. The molecule has 20 heavy (non-hydrogen) atoms. The molecule has 0 aliphatic carbocycles. The molecule has 2 rings (SSSR count). The van der Waals surface area contributed by atoms with Crippen LogP contribution in [0.25, 0.3) is 0 Å². The topological polar surface area (TPSA) is 38.7 Å². The van der Waals surface area contributed by atoms with Crippen molar-refractivity contribution in [2.75, 3.05) is 14.2 Å². The number of ether oxygens (including phenoxy) is 2. The smallest absolute Gasteiger partial charge is 0.122 e. The van der Waals surface area contributed by atoms with Crippen LogP contribution in [0.5, 0.6) is 11.5 Å². The molecular formula is C17H20O3. The van der Waals surface area contributed by atoms with Crippen molar-refractivity contribution in [2.45, 2.75) is 19.4 Å². The Morgan fingerprint density at radius 2 is 1.35 bits per heavy atom. The van der Waals surface area contributed by atoms with Gasteiger partial charge in [-0.05, 0) is 37.1 Å². The highest BCUT2D eigenvalue weighted by molar-refractivity contribution is 5.45. The van der Waals surface area contributed by atoms with Crippen LogP contribution in [0.15, 0.2) is 42.5 Å². The maximum atomic E-state index is 10.9. The number of aliphatic hydroxyl groups is 1. The molecule has 0 fully saturated rings. The van der Waals surface area contributed by atoms with Crippen LogP contribution in [0.2, 0.25) is 0 Å². The number of hydrogen-bond donors (Lipinski definition) is 1. The van der Waals surface area contributed by atoms with Crippen molar-refractivity contribution in [3.05, 3.63) is 59.2 Å². The molecule has 2 aromatic rings. The van der Waals surface area contributed by atoms with Crippen molar-refractivity contribution >= 4 is 0 Å².